The molecule has 8 heteroatoms. The van der Waals surface area contributed by atoms with Crippen LogP contribution in [0.5, 0.6) is 0 Å². The number of carbonyl (C=O) groups is 1. The summed E-state index contributed by atoms with van der Waals surface area (Å²) in [5.74, 6) is 0.0415. The summed E-state index contributed by atoms with van der Waals surface area (Å²) in [5.41, 5.74) is 7.00. The SMILES string of the molecule is CCCCNC(=O)N1CCN(CC(O)CNc2ccc(C(=N)N)cc2)CC1. The van der Waals surface area contributed by atoms with E-state index in [0.29, 0.717) is 31.7 Å². The molecule has 1 aromatic rings. The van der Waals surface area contributed by atoms with Crippen molar-refractivity contribution < 1.29 is 9.90 Å². The van der Waals surface area contributed by atoms with E-state index in [-0.39, 0.29) is 11.9 Å². The van der Waals surface area contributed by atoms with E-state index >= 15 is 0 Å². The van der Waals surface area contributed by atoms with Gasteiger partial charge in [0.25, 0.3) is 0 Å². The van der Waals surface area contributed by atoms with Crippen molar-refractivity contribution in [1.82, 2.24) is 15.1 Å². The summed E-state index contributed by atoms with van der Waals surface area (Å²) in [4.78, 5) is 16.1. The summed E-state index contributed by atoms with van der Waals surface area (Å²) < 4.78 is 0. The van der Waals surface area contributed by atoms with Gasteiger partial charge in [-0.05, 0) is 30.7 Å². The predicted molar refractivity (Wildman–Crippen MR) is 108 cm³/mol. The molecule has 0 bridgehead atoms. The third kappa shape index (κ3) is 7.07. The average molecular weight is 377 g/mol. The highest BCUT2D eigenvalue weighted by atomic mass is 16.3. The first kappa shape index (κ1) is 21.0. The van der Waals surface area contributed by atoms with Crippen LogP contribution in [0.15, 0.2) is 24.3 Å². The van der Waals surface area contributed by atoms with Gasteiger partial charge in [0.2, 0.25) is 0 Å². The van der Waals surface area contributed by atoms with Gasteiger partial charge in [0.05, 0.1) is 6.10 Å². The number of urea groups is 1. The molecule has 150 valence electrons. The number of nitrogens with one attached hydrogen (secondary N) is 3. The first-order valence-electron chi connectivity index (χ1n) is 9.61. The molecule has 6 N–H and O–H groups in total. The number of nitrogen functional groups attached to an aromatic ring is 1. The minimum Gasteiger partial charge on any atom is -0.390 e. The van der Waals surface area contributed by atoms with Crippen LogP contribution in [0.1, 0.15) is 25.3 Å². The van der Waals surface area contributed by atoms with Crippen molar-refractivity contribution in [3.8, 4) is 0 Å². The van der Waals surface area contributed by atoms with Gasteiger partial charge in [-0.25, -0.2) is 4.79 Å². The third-order valence-electron chi connectivity index (χ3n) is 4.67. The number of carbonyl (C=O) groups excluding carboxylic acids is 1. The maximum atomic E-state index is 12.0. The summed E-state index contributed by atoms with van der Waals surface area (Å²) in [5, 5.41) is 23.8. The minimum absolute atomic E-state index is 0.0133. The number of amides is 2. The fourth-order valence-electron chi connectivity index (χ4n) is 2.98. The number of aliphatic hydroxyl groups is 1. The Morgan fingerprint density at radius 1 is 1.26 bits per heavy atom. The van der Waals surface area contributed by atoms with Crippen LogP contribution in [0.4, 0.5) is 10.5 Å². The van der Waals surface area contributed by atoms with Crippen molar-refractivity contribution in [1.29, 1.82) is 5.41 Å². The summed E-state index contributed by atoms with van der Waals surface area (Å²) in [7, 11) is 0. The third-order valence-corrected chi connectivity index (χ3v) is 4.67. The van der Waals surface area contributed by atoms with Gasteiger partial charge in [-0.15, -0.1) is 0 Å². The monoisotopic (exact) mass is 376 g/mol. The van der Waals surface area contributed by atoms with E-state index in [9.17, 15) is 9.90 Å². The molecule has 1 fully saturated rings. The van der Waals surface area contributed by atoms with Crippen molar-refractivity contribution in [2.75, 3.05) is 51.1 Å². The van der Waals surface area contributed by atoms with Gasteiger partial charge in [-0.1, -0.05) is 13.3 Å². The number of aliphatic hydroxyl groups excluding tert-OH is 1. The molecule has 27 heavy (non-hydrogen) atoms. The van der Waals surface area contributed by atoms with E-state index in [4.69, 9.17) is 11.1 Å². The first-order chi connectivity index (χ1) is 13.0. The number of piperazine rings is 1. The number of nitrogens with two attached hydrogens (primary N) is 1. The lowest BCUT2D eigenvalue weighted by Crippen LogP contribution is -2.53. The second-order valence-corrected chi connectivity index (χ2v) is 6.90. The van der Waals surface area contributed by atoms with Crippen molar-refractivity contribution in [2.24, 2.45) is 5.73 Å². The molecule has 1 atom stereocenters. The van der Waals surface area contributed by atoms with Crippen LogP contribution >= 0.6 is 0 Å². The Labute approximate surface area is 161 Å². The molecule has 1 unspecified atom stereocenters. The number of hydrogen-bond donors (Lipinski definition) is 5. The molecule has 1 saturated heterocycles. The number of hydrogen-bond acceptors (Lipinski definition) is 5. The fourth-order valence-corrected chi connectivity index (χ4v) is 2.98. The van der Waals surface area contributed by atoms with Crippen LogP contribution in [0, 0.1) is 5.41 Å². The number of benzene rings is 1. The Balaban J connectivity index is 1.66. The maximum absolute atomic E-state index is 12.0. The highest BCUT2D eigenvalue weighted by Crippen LogP contribution is 2.10. The summed E-state index contributed by atoms with van der Waals surface area (Å²) in [6.45, 7) is 6.76. The van der Waals surface area contributed by atoms with Gasteiger partial charge < -0.3 is 26.4 Å². The molecule has 0 saturated carbocycles. The Morgan fingerprint density at radius 2 is 1.93 bits per heavy atom. The highest BCUT2D eigenvalue weighted by molar-refractivity contribution is 5.95. The van der Waals surface area contributed by atoms with Gasteiger partial charge >= 0.3 is 6.03 Å². The Hall–Kier alpha value is -2.32. The molecule has 0 radical (unpaired) electrons. The largest absolute Gasteiger partial charge is 0.390 e. The number of β-amino-alcohol motifs (C(OH)–C–C–N with tert-alkyl or cyclic N) is 1. The molecule has 0 aliphatic carbocycles. The van der Waals surface area contributed by atoms with Crippen LogP contribution in [0.2, 0.25) is 0 Å². The van der Waals surface area contributed by atoms with Crippen molar-refractivity contribution >= 4 is 17.6 Å². The lowest BCUT2D eigenvalue weighted by atomic mass is 10.2. The predicted octanol–water partition coefficient (Wildman–Crippen LogP) is 0.871. The number of amidine groups is 1. The van der Waals surface area contributed by atoms with E-state index in [1.54, 1.807) is 12.1 Å². The number of anilines is 1. The zero-order valence-corrected chi connectivity index (χ0v) is 16.1. The number of rotatable bonds is 9. The molecule has 2 rings (SSSR count). The smallest absolute Gasteiger partial charge is 0.317 e. The Kier molecular flexibility index (Phi) is 8.35. The first-order valence-corrected chi connectivity index (χ1v) is 9.61. The van der Waals surface area contributed by atoms with Gasteiger partial charge in [0.1, 0.15) is 5.84 Å². The van der Waals surface area contributed by atoms with E-state index in [2.05, 4.69) is 22.5 Å². The molecule has 8 nitrogen and oxygen atoms in total. The van der Waals surface area contributed by atoms with Crippen LogP contribution in [-0.4, -0.2) is 78.7 Å². The molecule has 1 heterocycles. The normalized spacial score (nSPS) is 16.0. The topological polar surface area (TPSA) is 118 Å². The zero-order chi connectivity index (χ0) is 19.6. The molecule has 2 amide bonds. The molecule has 1 aliphatic rings. The fraction of sp³-hybridized carbons (Fsp3) is 0.579. The van der Waals surface area contributed by atoms with Crippen LogP contribution in [0.3, 0.4) is 0 Å². The van der Waals surface area contributed by atoms with E-state index in [1.165, 1.54) is 0 Å². The van der Waals surface area contributed by atoms with E-state index in [1.807, 2.05) is 17.0 Å². The molecule has 0 aromatic heterocycles. The van der Waals surface area contributed by atoms with Crippen LogP contribution in [0.25, 0.3) is 0 Å². The summed E-state index contributed by atoms with van der Waals surface area (Å²) >= 11 is 0. The van der Waals surface area contributed by atoms with Crippen molar-refractivity contribution in [2.45, 2.75) is 25.9 Å². The molecule has 0 spiro atoms. The van der Waals surface area contributed by atoms with Crippen LogP contribution < -0.4 is 16.4 Å². The van der Waals surface area contributed by atoms with Crippen molar-refractivity contribution in [3.05, 3.63) is 29.8 Å². The summed E-state index contributed by atoms with van der Waals surface area (Å²) in [6, 6.07) is 7.27. The average Bonchev–Trinajstić information content (AvgIpc) is 2.67. The quantitative estimate of drug-likeness (QED) is 0.249. The maximum Gasteiger partial charge on any atom is 0.317 e. The van der Waals surface area contributed by atoms with Crippen LogP contribution in [-0.2, 0) is 0 Å². The van der Waals surface area contributed by atoms with Crippen molar-refractivity contribution in [3.63, 3.8) is 0 Å². The highest BCUT2D eigenvalue weighted by Gasteiger charge is 2.22. The minimum atomic E-state index is -0.498. The van der Waals surface area contributed by atoms with Gasteiger partial charge in [0, 0.05) is 57.1 Å². The second-order valence-electron chi connectivity index (χ2n) is 6.90. The number of unbranched alkanes of at least 4 members (excludes halogenated alkanes) is 1. The van der Waals surface area contributed by atoms with Gasteiger partial charge in [-0.3, -0.25) is 10.3 Å². The van der Waals surface area contributed by atoms with Gasteiger partial charge in [-0.2, -0.15) is 0 Å². The number of nitrogens with zero attached hydrogens (tertiary/aromatic N) is 2. The molecule has 1 aromatic carbocycles. The standard InChI is InChI=1S/C19H32N6O2/c1-2-3-8-22-19(27)25-11-9-24(10-12-25)14-17(26)13-23-16-6-4-15(5-7-16)18(20)21/h4-7,17,23,26H,2-3,8-14H2,1H3,(H3,20,21)(H,22,27). The zero-order valence-electron chi connectivity index (χ0n) is 16.1. The molecule has 1 aliphatic heterocycles. The van der Waals surface area contributed by atoms with E-state index < -0.39 is 6.10 Å². The Bertz CT molecular complexity index is 599. The Morgan fingerprint density at radius 3 is 2.52 bits per heavy atom. The lowest BCUT2D eigenvalue weighted by molar-refractivity contribution is 0.0870. The van der Waals surface area contributed by atoms with Gasteiger partial charge in [0.15, 0.2) is 0 Å². The summed E-state index contributed by atoms with van der Waals surface area (Å²) in [6.07, 6.45) is 1.57. The van der Waals surface area contributed by atoms with E-state index in [0.717, 1.165) is 38.2 Å². The molecular weight excluding hydrogens is 344 g/mol. The second kappa shape index (κ2) is 10.7. The molecular formula is C19H32N6O2. The lowest BCUT2D eigenvalue weighted by Gasteiger charge is -2.35.